The van der Waals surface area contributed by atoms with Gasteiger partial charge in [-0.15, -0.1) is 0 Å². The second-order valence-corrected chi connectivity index (χ2v) is 9.80. The Labute approximate surface area is 211 Å². The third kappa shape index (κ3) is 3.94. The minimum atomic E-state index is -1.20. The van der Waals surface area contributed by atoms with E-state index in [9.17, 15) is 9.59 Å². The first-order chi connectivity index (χ1) is 17.4. The molecule has 0 bridgehead atoms. The maximum atomic E-state index is 14.2. The molecule has 0 spiro atoms. The highest BCUT2D eigenvalue weighted by Gasteiger charge is 2.50. The van der Waals surface area contributed by atoms with E-state index in [4.69, 9.17) is 14.2 Å². The number of anilines is 1. The van der Waals surface area contributed by atoms with Gasteiger partial charge in [0.15, 0.2) is 0 Å². The number of ether oxygens (including phenoxy) is 3. The number of fused-ring (bicyclic) bond motifs is 3. The van der Waals surface area contributed by atoms with Gasteiger partial charge in [0.25, 0.3) is 5.91 Å². The molecule has 1 aromatic heterocycles. The lowest BCUT2D eigenvalue weighted by Gasteiger charge is -2.45. The molecule has 1 aliphatic heterocycles. The van der Waals surface area contributed by atoms with Gasteiger partial charge < -0.3 is 24.1 Å². The number of carbonyl (C=O) groups is 2. The topological polar surface area (TPSA) is 82.0 Å². The van der Waals surface area contributed by atoms with Gasteiger partial charge in [0, 0.05) is 23.6 Å². The van der Waals surface area contributed by atoms with Crippen LogP contribution in [0.5, 0.6) is 17.2 Å². The quantitative estimate of drug-likeness (QED) is 0.548. The molecule has 36 heavy (non-hydrogen) atoms. The summed E-state index contributed by atoms with van der Waals surface area (Å²) in [6.07, 6.45) is 5.30. The average molecular weight is 492 g/mol. The third-order valence-electron chi connectivity index (χ3n) is 7.55. The molecule has 5 rings (SSSR count). The summed E-state index contributed by atoms with van der Waals surface area (Å²) >= 11 is 0. The van der Waals surface area contributed by atoms with Gasteiger partial charge >= 0.3 is 0 Å². The van der Waals surface area contributed by atoms with E-state index in [1.807, 2.05) is 35.8 Å². The number of rotatable bonds is 6. The molecule has 3 aromatic rings. The molecule has 1 N–H and O–H groups in total. The van der Waals surface area contributed by atoms with E-state index in [-0.39, 0.29) is 17.9 Å². The molecular formula is C28H33N3O5. The molecule has 8 nitrogen and oxygen atoms in total. The maximum absolute atomic E-state index is 14.2. The van der Waals surface area contributed by atoms with Gasteiger partial charge in [-0.1, -0.05) is 19.3 Å². The Morgan fingerprint density at radius 2 is 1.64 bits per heavy atom. The molecule has 0 radical (unpaired) electrons. The molecule has 190 valence electrons. The van der Waals surface area contributed by atoms with Crippen molar-refractivity contribution in [1.29, 1.82) is 0 Å². The standard InChI is InChI=1S/C28H33N3O5/c1-28(27(33)29-19-8-6-5-7-9-19)17-30-23-15-20(34-2)11-10-18(23)14-24(30)26(32)31(28)22-13-12-21(35-3)16-25(22)36-4/h10-16,19H,5-9,17H2,1-4H3,(H,29,33)/t28-/m1/s1. The summed E-state index contributed by atoms with van der Waals surface area (Å²) in [5.74, 6) is 1.33. The predicted octanol–water partition coefficient (Wildman–Crippen LogP) is 4.54. The van der Waals surface area contributed by atoms with Crippen molar-refractivity contribution in [2.24, 2.45) is 0 Å². The van der Waals surface area contributed by atoms with E-state index in [1.54, 1.807) is 44.4 Å². The summed E-state index contributed by atoms with van der Waals surface area (Å²) in [4.78, 5) is 29.8. The van der Waals surface area contributed by atoms with Crippen LogP contribution in [-0.4, -0.2) is 49.3 Å². The van der Waals surface area contributed by atoms with Gasteiger partial charge in [-0.3, -0.25) is 14.5 Å². The van der Waals surface area contributed by atoms with Crippen molar-refractivity contribution in [3.63, 3.8) is 0 Å². The van der Waals surface area contributed by atoms with E-state index in [0.717, 1.165) is 36.6 Å². The molecule has 1 saturated carbocycles. The first-order valence-electron chi connectivity index (χ1n) is 12.4. The first kappa shape index (κ1) is 24.0. The second-order valence-electron chi connectivity index (χ2n) is 9.80. The largest absolute Gasteiger partial charge is 0.497 e. The smallest absolute Gasteiger partial charge is 0.276 e. The highest BCUT2D eigenvalue weighted by molar-refractivity contribution is 6.14. The fourth-order valence-electron chi connectivity index (χ4n) is 5.53. The zero-order chi connectivity index (χ0) is 25.4. The van der Waals surface area contributed by atoms with Gasteiger partial charge in [0.2, 0.25) is 5.91 Å². The average Bonchev–Trinajstić information content (AvgIpc) is 3.27. The second kappa shape index (κ2) is 9.41. The minimum absolute atomic E-state index is 0.112. The van der Waals surface area contributed by atoms with Gasteiger partial charge in [-0.2, -0.15) is 0 Å². The summed E-state index contributed by atoms with van der Waals surface area (Å²) in [6.45, 7) is 2.13. The van der Waals surface area contributed by atoms with Crippen LogP contribution in [-0.2, 0) is 11.3 Å². The predicted molar refractivity (Wildman–Crippen MR) is 138 cm³/mol. The van der Waals surface area contributed by atoms with Gasteiger partial charge in [-0.25, -0.2) is 0 Å². The minimum Gasteiger partial charge on any atom is -0.497 e. The van der Waals surface area contributed by atoms with Crippen LogP contribution < -0.4 is 24.4 Å². The number of methoxy groups -OCH3 is 3. The maximum Gasteiger partial charge on any atom is 0.276 e. The van der Waals surface area contributed by atoms with Crippen molar-refractivity contribution in [3.05, 3.63) is 48.2 Å². The van der Waals surface area contributed by atoms with Crippen LogP contribution in [0.2, 0.25) is 0 Å². The number of benzene rings is 2. The fraction of sp³-hybridized carbons (Fsp3) is 0.429. The number of amides is 2. The van der Waals surface area contributed by atoms with Gasteiger partial charge in [-0.05, 0) is 50.1 Å². The van der Waals surface area contributed by atoms with E-state index < -0.39 is 5.54 Å². The number of hydrogen-bond donors (Lipinski definition) is 1. The van der Waals surface area contributed by atoms with Crippen LogP contribution >= 0.6 is 0 Å². The van der Waals surface area contributed by atoms with Crippen molar-refractivity contribution < 1.29 is 23.8 Å². The van der Waals surface area contributed by atoms with E-state index in [1.165, 1.54) is 6.42 Å². The lowest BCUT2D eigenvalue weighted by atomic mass is 9.90. The van der Waals surface area contributed by atoms with Crippen LogP contribution in [0.1, 0.15) is 49.5 Å². The third-order valence-corrected chi connectivity index (χ3v) is 7.55. The molecule has 1 atom stereocenters. The van der Waals surface area contributed by atoms with Crippen molar-refractivity contribution in [3.8, 4) is 17.2 Å². The Hall–Kier alpha value is -3.68. The summed E-state index contributed by atoms with van der Waals surface area (Å²) in [7, 11) is 4.75. The van der Waals surface area contributed by atoms with Crippen molar-refractivity contribution in [2.45, 2.75) is 57.2 Å². The van der Waals surface area contributed by atoms with Crippen molar-refractivity contribution in [2.75, 3.05) is 26.2 Å². The Morgan fingerprint density at radius 3 is 2.33 bits per heavy atom. The van der Waals surface area contributed by atoms with Crippen molar-refractivity contribution in [1.82, 2.24) is 9.88 Å². The van der Waals surface area contributed by atoms with Crippen LogP contribution in [0.4, 0.5) is 5.69 Å². The number of carbonyl (C=O) groups excluding carboxylic acids is 2. The van der Waals surface area contributed by atoms with Crippen LogP contribution in [0.3, 0.4) is 0 Å². The Bertz CT molecular complexity index is 1310. The summed E-state index contributed by atoms with van der Waals surface area (Å²) in [6, 6.07) is 13.0. The molecule has 0 saturated heterocycles. The number of nitrogens with one attached hydrogen (secondary N) is 1. The molecule has 0 unspecified atom stereocenters. The molecule has 1 aliphatic carbocycles. The lowest BCUT2D eigenvalue weighted by Crippen LogP contribution is -2.65. The fourth-order valence-corrected chi connectivity index (χ4v) is 5.53. The van der Waals surface area contributed by atoms with Crippen LogP contribution in [0.15, 0.2) is 42.5 Å². The van der Waals surface area contributed by atoms with E-state index in [2.05, 4.69) is 5.32 Å². The van der Waals surface area contributed by atoms with E-state index >= 15 is 0 Å². The Morgan fingerprint density at radius 1 is 0.944 bits per heavy atom. The Balaban J connectivity index is 1.65. The van der Waals surface area contributed by atoms with Gasteiger partial charge in [0.1, 0.15) is 28.5 Å². The van der Waals surface area contributed by atoms with Crippen molar-refractivity contribution >= 4 is 28.4 Å². The molecule has 2 amide bonds. The normalized spacial score (nSPS) is 20.2. The lowest BCUT2D eigenvalue weighted by molar-refractivity contribution is -0.127. The molecule has 2 heterocycles. The van der Waals surface area contributed by atoms with Crippen LogP contribution in [0.25, 0.3) is 10.9 Å². The molecule has 1 fully saturated rings. The number of nitrogens with zero attached hydrogens (tertiary/aromatic N) is 2. The number of hydrogen-bond acceptors (Lipinski definition) is 5. The summed E-state index contributed by atoms with van der Waals surface area (Å²) in [5.41, 5.74) is 0.701. The Kier molecular flexibility index (Phi) is 6.28. The molecule has 2 aliphatic rings. The number of aromatic nitrogens is 1. The highest BCUT2D eigenvalue weighted by Crippen LogP contribution is 2.42. The van der Waals surface area contributed by atoms with Crippen LogP contribution in [0, 0.1) is 0 Å². The monoisotopic (exact) mass is 491 g/mol. The molecular weight excluding hydrogens is 458 g/mol. The summed E-state index contributed by atoms with van der Waals surface area (Å²) < 4.78 is 18.4. The zero-order valence-electron chi connectivity index (χ0n) is 21.3. The molecule has 8 heteroatoms. The van der Waals surface area contributed by atoms with Gasteiger partial charge in [0.05, 0.1) is 39.1 Å². The highest BCUT2D eigenvalue weighted by atomic mass is 16.5. The first-order valence-corrected chi connectivity index (χ1v) is 12.4. The molecule has 2 aromatic carbocycles. The summed E-state index contributed by atoms with van der Waals surface area (Å²) in [5, 5.41) is 4.18. The SMILES string of the molecule is COc1ccc(N2C(=O)c3cc4ccc(OC)cc4n3C[C@]2(C)C(=O)NC2CCCCC2)c(OC)c1. The zero-order valence-corrected chi connectivity index (χ0v) is 21.3. The van der Waals surface area contributed by atoms with E-state index in [0.29, 0.717) is 35.2 Å².